The first-order chi connectivity index (χ1) is 7.95. The smallest absolute Gasteiger partial charge is 0.186 e. The standard InChI is InChI=1S/C10H9NO5S/c12-8-5-9(17(14,15)16)6-3-1-2-4-7(6)10(8)11-13/h1-4,9,13H,5H2,(H,14,15,16)/p-1/b11-10+/t9-/m1/s1. The van der Waals surface area contributed by atoms with Gasteiger partial charge in [0.05, 0.1) is 5.25 Å². The van der Waals surface area contributed by atoms with Crippen LogP contribution in [0.1, 0.15) is 22.8 Å². The summed E-state index contributed by atoms with van der Waals surface area (Å²) >= 11 is 0. The molecule has 0 radical (unpaired) electrons. The molecular formula is C10H8NO5S-. The lowest BCUT2D eigenvalue weighted by atomic mass is 9.89. The van der Waals surface area contributed by atoms with E-state index in [0.717, 1.165) is 0 Å². The van der Waals surface area contributed by atoms with E-state index in [1.165, 1.54) is 12.1 Å². The molecule has 0 aliphatic heterocycles. The lowest BCUT2D eigenvalue weighted by Crippen LogP contribution is -2.30. The van der Waals surface area contributed by atoms with Gasteiger partial charge < -0.3 is 9.76 Å². The molecule has 1 aromatic carbocycles. The third-order valence-corrected chi connectivity index (χ3v) is 3.76. The molecule has 0 fully saturated rings. The van der Waals surface area contributed by atoms with Gasteiger partial charge >= 0.3 is 0 Å². The number of hydrogen-bond donors (Lipinski definition) is 1. The van der Waals surface area contributed by atoms with Crippen molar-refractivity contribution < 1.29 is 23.0 Å². The van der Waals surface area contributed by atoms with Gasteiger partial charge in [-0.05, 0) is 5.56 Å². The fourth-order valence-corrected chi connectivity index (χ4v) is 2.76. The average molecular weight is 254 g/mol. The van der Waals surface area contributed by atoms with Crippen LogP contribution < -0.4 is 0 Å². The zero-order chi connectivity index (χ0) is 12.6. The number of rotatable bonds is 1. The molecule has 1 N–H and O–H groups in total. The van der Waals surface area contributed by atoms with Crippen molar-refractivity contribution in [2.75, 3.05) is 0 Å². The highest BCUT2D eigenvalue weighted by atomic mass is 32.2. The normalized spacial score (nSPS) is 22.5. The number of oxime groups is 1. The minimum absolute atomic E-state index is 0.190. The lowest BCUT2D eigenvalue weighted by molar-refractivity contribution is -0.113. The van der Waals surface area contributed by atoms with Crippen LogP contribution in [-0.2, 0) is 14.9 Å². The molecule has 1 aliphatic rings. The minimum Gasteiger partial charge on any atom is -0.747 e. The Hall–Kier alpha value is -1.73. The van der Waals surface area contributed by atoms with Crippen LogP contribution in [0.5, 0.6) is 0 Å². The summed E-state index contributed by atoms with van der Waals surface area (Å²) in [6.07, 6.45) is -0.484. The monoisotopic (exact) mass is 254 g/mol. The summed E-state index contributed by atoms with van der Waals surface area (Å²) < 4.78 is 33.2. The quantitative estimate of drug-likeness (QED) is 0.444. The van der Waals surface area contributed by atoms with Gasteiger partial charge in [0.25, 0.3) is 0 Å². The maximum atomic E-state index is 11.6. The number of nitrogens with zero attached hydrogens (tertiary/aromatic N) is 1. The number of carbonyl (C=O) groups excluding carboxylic acids is 1. The molecule has 0 aromatic heterocycles. The number of ketones is 1. The molecule has 1 aromatic rings. The third-order valence-electron chi connectivity index (χ3n) is 2.65. The molecule has 0 amide bonds. The number of hydrogen-bond acceptors (Lipinski definition) is 6. The molecular weight excluding hydrogens is 246 g/mol. The topological polar surface area (TPSA) is 107 Å². The summed E-state index contributed by atoms with van der Waals surface area (Å²) in [6.45, 7) is 0. The molecule has 90 valence electrons. The van der Waals surface area contributed by atoms with Crippen molar-refractivity contribution in [1.82, 2.24) is 0 Å². The van der Waals surface area contributed by atoms with Crippen molar-refractivity contribution in [3.05, 3.63) is 35.4 Å². The first-order valence-corrected chi connectivity index (χ1v) is 6.21. The third kappa shape index (κ3) is 1.94. The summed E-state index contributed by atoms with van der Waals surface area (Å²) in [5, 5.41) is 10.2. The van der Waals surface area contributed by atoms with E-state index in [0.29, 0.717) is 0 Å². The summed E-state index contributed by atoms with van der Waals surface area (Å²) in [5.41, 5.74) is 0.186. The van der Waals surface area contributed by atoms with Crippen LogP contribution in [0.2, 0.25) is 0 Å². The predicted molar refractivity (Wildman–Crippen MR) is 56.8 cm³/mol. The van der Waals surface area contributed by atoms with Gasteiger partial charge in [-0.1, -0.05) is 29.4 Å². The van der Waals surface area contributed by atoms with Crippen LogP contribution in [0.4, 0.5) is 0 Å². The molecule has 17 heavy (non-hydrogen) atoms. The lowest BCUT2D eigenvalue weighted by Gasteiger charge is -2.26. The van der Waals surface area contributed by atoms with Gasteiger partial charge in [-0.25, -0.2) is 8.42 Å². The number of Topliss-reactive ketones (excluding diaryl/α,β-unsaturated/α-hetero) is 1. The van der Waals surface area contributed by atoms with E-state index in [-0.39, 0.29) is 16.8 Å². The summed E-state index contributed by atoms with van der Waals surface area (Å²) in [4.78, 5) is 11.6. The summed E-state index contributed by atoms with van der Waals surface area (Å²) in [7, 11) is -4.61. The van der Waals surface area contributed by atoms with Crippen LogP contribution in [0, 0.1) is 0 Å². The second-order valence-electron chi connectivity index (χ2n) is 3.64. The van der Waals surface area contributed by atoms with E-state index in [4.69, 9.17) is 5.21 Å². The van der Waals surface area contributed by atoms with Crippen LogP contribution in [0.15, 0.2) is 29.4 Å². The largest absolute Gasteiger partial charge is 0.747 e. The van der Waals surface area contributed by atoms with Crippen molar-refractivity contribution in [3.63, 3.8) is 0 Å². The molecule has 7 heteroatoms. The molecule has 0 spiro atoms. The molecule has 6 nitrogen and oxygen atoms in total. The fourth-order valence-electron chi connectivity index (χ4n) is 1.89. The van der Waals surface area contributed by atoms with E-state index in [1.807, 2.05) is 0 Å². The SMILES string of the molecule is O=C1C[C@@H](S(=O)(=O)[O-])c2ccccc2/C1=N\O. The summed E-state index contributed by atoms with van der Waals surface area (Å²) in [5.74, 6) is -0.657. The number of benzene rings is 1. The van der Waals surface area contributed by atoms with Crippen LogP contribution in [0.3, 0.4) is 0 Å². The molecule has 0 unspecified atom stereocenters. The van der Waals surface area contributed by atoms with Gasteiger partial charge in [-0.3, -0.25) is 4.79 Å². The van der Waals surface area contributed by atoms with E-state index in [2.05, 4.69) is 5.16 Å². The van der Waals surface area contributed by atoms with Gasteiger partial charge in [0, 0.05) is 12.0 Å². The van der Waals surface area contributed by atoms with Gasteiger partial charge in [0.15, 0.2) is 11.5 Å². The zero-order valence-corrected chi connectivity index (χ0v) is 9.35. The van der Waals surface area contributed by atoms with E-state index >= 15 is 0 Å². The number of carbonyl (C=O) groups is 1. The highest BCUT2D eigenvalue weighted by Gasteiger charge is 2.34. The van der Waals surface area contributed by atoms with E-state index < -0.39 is 27.6 Å². The Bertz CT molecular complexity index is 605. The van der Waals surface area contributed by atoms with Crippen LogP contribution >= 0.6 is 0 Å². The van der Waals surface area contributed by atoms with E-state index in [9.17, 15) is 17.8 Å². The Labute approximate surface area is 97.3 Å². The molecule has 1 atom stereocenters. The highest BCUT2D eigenvalue weighted by Crippen LogP contribution is 2.33. The van der Waals surface area contributed by atoms with E-state index in [1.54, 1.807) is 12.1 Å². The molecule has 0 saturated heterocycles. The van der Waals surface area contributed by atoms with Crippen molar-refractivity contribution in [2.45, 2.75) is 11.7 Å². The Kier molecular flexibility index (Phi) is 2.72. The van der Waals surface area contributed by atoms with Crippen molar-refractivity contribution in [3.8, 4) is 0 Å². The Morgan fingerprint density at radius 1 is 1.35 bits per heavy atom. The maximum Gasteiger partial charge on any atom is 0.186 e. The predicted octanol–water partition coefficient (Wildman–Crippen LogP) is 0.424. The Morgan fingerprint density at radius 2 is 2.00 bits per heavy atom. The molecule has 0 bridgehead atoms. The van der Waals surface area contributed by atoms with Gasteiger partial charge in [-0.2, -0.15) is 0 Å². The van der Waals surface area contributed by atoms with Crippen molar-refractivity contribution in [2.24, 2.45) is 5.16 Å². The highest BCUT2D eigenvalue weighted by molar-refractivity contribution is 7.86. The first-order valence-electron chi connectivity index (χ1n) is 4.74. The minimum atomic E-state index is -4.61. The van der Waals surface area contributed by atoms with Crippen molar-refractivity contribution in [1.29, 1.82) is 0 Å². The Morgan fingerprint density at radius 3 is 2.59 bits per heavy atom. The molecule has 2 rings (SSSR count). The summed E-state index contributed by atoms with van der Waals surface area (Å²) in [6, 6.07) is 6.01. The molecule has 1 aliphatic carbocycles. The average Bonchev–Trinajstić information content (AvgIpc) is 2.27. The van der Waals surface area contributed by atoms with Gasteiger partial charge in [-0.15, -0.1) is 0 Å². The fraction of sp³-hybridized carbons (Fsp3) is 0.200. The second kappa shape index (κ2) is 3.94. The molecule has 0 saturated carbocycles. The zero-order valence-electron chi connectivity index (χ0n) is 8.53. The van der Waals surface area contributed by atoms with Crippen molar-refractivity contribution >= 4 is 21.6 Å². The second-order valence-corrected chi connectivity index (χ2v) is 5.20. The van der Waals surface area contributed by atoms with Crippen LogP contribution in [-0.4, -0.2) is 29.7 Å². The Balaban J connectivity index is 2.69. The van der Waals surface area contributed by atoms with Gasteiger partial charge in [0.1, 0.15) is 10.1 Å². The van der Waals surface area contributed by atoms with Crippen LogP contribution in [0.25, 0.3) is 0 Å². The first kappa shape index (κ1) is 11.7. The molecule has 0 heterocycles. The van der Waals surface area contributed by atoms with Gasteiger partial charge in [0.2, 0.25) is 0 Å². The number of fused-ring (bicyclic) bond motifs is 1. The maximum absolute atomic E-state index is 11.6.